The first-order valence-corrected chi connectivity index (χ1v) is 6.81. The maximum atomic E-state index is 12.4. The Labute approximate surface area is 114 Å². The largest absolute Gasteiger partial charge is 0.508 e. The van der Waals surface area contributed by atoms with Gasteiger partial charge in [-0.1, -0.05) is 12.5 Å². The van der Waals surface area contributed by atoms with Crippen LogP contribution in [0.4, 0.5) is 5.69 Å². The Hall–Kier alpha value is -1.55. The van der Waals surface area contributed by atoms with Gasteiger partial charge in [0, 0.05) is 5.56 Å². The molecule has 0 spiro atoms. The lowest BCUT2D eigenvalue weighted by atomic mass is 10.0. The van der Waals surface area contributed by atoms with Gasteiger partial charge in [0.1, 0.15) is 5.75 Å². The smallest absolute Gasteiger partial charge is 0.241 e. The molecule has 2 N–H and O–H groups in total. The minimum atomic E-state index is -0.0603. The number of rotatable bonds is 2. The van der Waals surface area contributed by atoms with Gasteiger partial charge in [-0.15, -0.1) is 0 Å². The molecule has 0 unspecified atom stereocenters. The summed E-state index contributed by atoms with van der Waals surface area (Å²) in [5, 5.41) is 12.7. The van der Waals surface area contributed by atoms with Crippen LogP contribution in [0.5, 0.6) is 5.75 Å². The summed E-state index contributed by atoms with van der Waals surface area (Å²) in [5.41, 5.74) is 2.44. The van der Waals surface area contributed by atoms with Gasteiger partial charge in [0.25, 0.3) is 0 Å². The molecule has 1 fully saturated rings. The van der Waals surface area contributed by atoms with E-state index in [0.29, 0.717) is 0 Å². The number of phenolic OH excluding ortho intramolecular Hbond substituents is 1. The highest BCUT2D eigenvalue weighted by molar-refractivity contribution is 5.96. The van der Waals surface area contributed by atoms with Crippen molar-refractivity contribution in [2.24, 2.45) is 0 Å². The molecule has 0 aromatic heterocycles. The number of aryl methyl sites for hydroxylation is 1. The molecule has 1 amide bonds. The Kier molecular flexibility index (Phi) is 4.10. The molecule has 0 saturated carbocycles. The maximum Gasteiger partial charge on any atom is 0.241 e. The highest BCUT2D eigenvalue weighted by Crippen LogP contribution is 2.28. The lowest BCUT2D eigenvalue weighted by molar-refractivity contribution is -0.121. The third-order valence-corrected chi connectivity index (χ3v) is 3.97. The van der Waals surface area contributed by atoms with E-state index in [2.05, 4.69) is 10.2 Å². The molecule has 1 saturated heterocycles. The Balaban J connectivity index is 2.17. The first kappa shape index (κ1) is 13.9. The van der Waals surface area contributed by atoms with Crippen molar-refractivity contribution in [3.05, 3.63) is 23.3 Å². The topological polar surface area (TPSA) is 52.6 Å². The van der Waals surface area contributed by atoms with Crippen molar-refractivity contribution in [2.75, 3.05) is 18.9 Å². The average molecular weight is 262 g/mol. The second-order valence-electron chi connectivity index (χ2n) is 5.38. The lowest BCUT2D eigenvalue weighted by Gasteiger charge is -2.31. The maximum absolute atomic E-state index is 12.4. The molecule has 104 valence electrons. The van der Waals surface area contributed by atoms with Crippen LogP contribution in [-0.2, 0) is 4.79 Å². The summed E-state index contributed by atoms with van der Waals surface area (Å²) < 4.78 is 0. The van der Waals surface area contributed by atoms with Crippen LogP contribution in [0.3, 0.4) is 0 Å². The summed E-state index contributed by atoms with van der Waals surface area (Å²) in [6.07, 6.45) is 3.16. The van der Waals surface area contributed by atoms with Crippen molar-refractivity contribution in [1.82, 2.24) is 4.90 Å². The van der Waals surface area contributed by atoms with Crippen molar-refractivity contribution >= 4 is 11.6 Å². The Morgan fingerprint density at radius 3 is 2.79 bits per heavy atom. The van der Waals surface area contributed by atoms with E-state index in [1.807, 2.05) is 27.0 Å². The summed E-state index contributed by atoms with van der Waals surface area (Å²) in [6, 6.07) is 3.42. The minimum absolute atomic E-state index is 0.0269. The zero-order valence-corrected chi connectivity index (χ0v) is 11.9. The summed E-state index contributed by atoms with van der Waals surface area (Å²) >= 11 is 0. The number of benzene rings is 1. The third kappa shape index (κ3) is 2.89. The number of hydrogen-bond donors (Lipinski definition) is 2. The second-order valence-corrected chi connectivity index (χ2v) is 5.38. The van der Waals surface area contributed by atoms with Crippen molar-refractivity contribution in [3.63, 3.8) is 0 Å². The van der Waals surface area contributed by atoms with E-state index >= 15 is 0 Å². The number of nitrogens with zero attached hydrogens (tertiary/aromatic N) is 1. The molecule has 1 aliphatic rings. The minimum Gasteiger partial charge on any atom is -0.508 e. The summed E-state index contributed by atoms with van der Waals surface area (Å²) in [7, 11) is 1.99. The highest BCUT2D eigenvalue weighted by atomic mass is 16.3. The first-order chi connectivity index (χ1) is 9.00. The molecule has 1 heterocycles. The predicted octanol–water partition coefficient (Wildman–Crippen LogP) is 2.43. The van der Waals surface area contributed by atoms with Crippen LogP contribution in [0.15, 0.2) is 12.1 Å². The molecule has 4 nitrogen and oxygen atoms in total. The molecule has 19 heavy (non-hydrogen) atoms. The van der Waals surface area contributed by atoms with Crippen molar-refractivity contribution < 1.29 is 9.90 Å². The quantitative estimate of drug-likeness (QED) is 0.860. The standard InChI is InChI=1S/C15H22N2O2/c1-10-7-8-13(18)11(2)14(10)16-15(19)12-6-4-5-9-17(12)3/h7-8,12,18H,4-6,9H2,1-3H3,(H,16,19)/t12-/m0/s1. The lowest BCUT2D eigenvalue weighted by Crippen LogP contribution is -2.44. The molecule has 4 heteroatoms. The Bertz CT molecular complexity index is 485. The summed E-state index contributed by atoms with van der Waals surface area (Å²) in [5.74, 6) is 0.247. The van der Waals surface area contributed by atoms with Gasteiger partial charge in [0.05, 0.1) is 11.7 Å². The molecular weight excluding hydrogens is 240 g/mol. The number of nitrogens with one attached hydrogen (secondary N) is 1. The number of hydrogen-bond acceptors (Lipinski definition) is 3. The van der Waals surface area contributed by atoms with Crippen molar-refractivity contribution in [2.45, 2.75) is 39.2 Å². The van der Waals surface area contributed by atoms with Gasteiger partial charge in [0.2, 0.25) is 5.91 Å². The van der Waals surface area contributed by atoms with Crippen LogP contribution in [0, 0.1) is 13.8 Å². The van der Waals surface area contributed by atoms with Crippen LogP contribution in [0.1, 0.15) is 30.4 Å². The number of likely N-dealkylation sites (tertiary alicyclic amines) is 1. The van der Waals surface area contributed by atoms with Crippen LogP contribution in [0.2, 0.25) is 0 Å². The van der Waals surface area contributed by atoms with Crippen molar-refractivity contribution in [1.29, 1.82) is 0 Å². The molecular formula is C15H22N2O2. The zero-order chi connectivity index (χ0) is 14.0. The van der Waals surface area contributed by atoms with Gasteiger partial charge >= 0.3 is 0 Å². The molecule has 1 aromatic carbocycles. The summed E-state index contributed by atoms with van der Waals surface area (Å²) in [6.45, 7) is 4.73. The Morgan fingerprint density at radius 2 is 2.11 bits per heavy atom. The average Bonchev–Trinajstić information content (AvgIpc) is 2.39. The number of amides is 1. The normalized spacial score (nSPS) is 20.3. The van der Waals surface area contributed by atoms with E-state index in [9.17, 15) is 9.90 Å². The fourth-order valence-electron chi connectivity index (χ4n) is 2.64. The zero-order valence-electron chi connectivity index (χ0n) is 11.9. The van der Waals surface area contributed by atoms with Crippen molar-refractivity contribution in [3.8, 4) is 5.75 Å². The summed E-state index contributed by atoms with van der Waals surface area (Å²) in [4.78, 5) is 14.5. The van der Waals surface area contributed by atoms with Crippen LogP contribution in [-0.4, -0.2) is 35.5 Å². The van der Waals surface area contributed by atoms with Crippen LogP contribution >= 0.6 is 0 Å². The third-order valence-electron chi connectivity index (χ3n) is 3.97. The molecule has 1 aromatic rings. The highest BCUT2D eigenvalue weighted by Gasteiger charge is 2.26. The number of carbonyl (C=O) groups is 1. The molecule has 0 aliphatic carbocycles. The number of phenols is 1. The van der Waals surface area contributed by atoms with Crippen LogP contribution in [0.25, 0.3) is 0 Å². The monoisotopic (exact) mass is 262 g/mol. The van der Waals surface area contributed by atoms with Gasteiger partial charge in [0.15, 0.2) is 0 Å². The van der Waals surface area contributed by atoms with Gasteiger partial charge in [-0.05, 0) is 51.9 Å². The molecule has 0 radical (unpaired) electrons. The van der Waals surface area contributed by atoms with Gasteiger partial charge in [-0.25, -0.2) is 0 Å². The second kappa shape index (κ2) is 5.61. The van der Waals surface area contributed by atoms with E-state index < -0.39 is 0 Å². The van der Waals surface area contributed by atoms with Crippen LogP contribution < -0.4 is 5.32 Å². The van der Waals surface area contributed by atoms with E-state index in [0.717, 1.165) is 42.6 Å². The van der Waals surface area contributed by atoms with Gasteiger partial charge in [-0.3, -0.25) is 9.69 Å². The van der Waals surface area contributed by atoms with Gasteiger partial charge in [-0.2, -0.15) is 0 Å². The van der Waals surface area contributed by atoms with E-state index in [-0.39, 0.29) is 17.7 Å². The fraction of sp³-hybridized carbons (Fsp3) is 0.533. The molecule has 0 bridgehead atoms. The number of anilines is 1. The number of carbonyl (C=O) groups excluding carboxylic acids is 1. The van der Waals surface area contributed by atoms with E-state index in [1.54, 1.807) is 6.07 Å². The number of piperidine rings is 1. The number of likely N-dealkylation sites (N-methyl/N-ethyl adjacent to an activating group) is 1. The number of aromatic hydroxyl groups is 1. The van der Waals surface area contributed by atoms with E-state index in [4.69, 9.17) is 0 Å². The van der Waals surface area contributed by atoms with E-state index in [1.165, 1.54) is 0 Å². The SMILES string of the molecule is Cc1ccc(O)c(C)c1NC(=O)[C@@H]1CCCCN1C. The predicted molar refractivity (Wildman–Crippen MR) is 76.5 cm³/mol. The van der Waals surface area contributed by atoms with Gasteiger partial charge < -0.3 is 10.4 Å². The molecule has 1 atom stereocenters. The molecule has 1 aliphatic heterocycles. The first-order valence-electron chi connectivity index (χ1n) is 6.81. The Morgan fingerprint density at radius 1 is 1.37 bits per heavy atom. The molecule has 2 rings (SSSR count). The fourth-order valence-corrected chi connectivity index (χ4v) is 2.64.